The number of ether oxygens (including phenoxy) is 1. The van der Waals surface area contributed by atoms with Gasteiger partial charge in [-0.2, -0.15) is 0 Å². The minimum absolute atomic E-state index is 0.00586. The van der Waals surface area contributed by atoms with Crippen LogP contribution in [-0.2, 0) is 5.41 Å². The first kappa shape index (κ1) is 18.3. The van der Waals surface area contributed by atoms with Crippen molar-refractivity contribution in [3.63, 3.8) is 0 Å². The number of hydrogen-bond donors (Lipinski definition) is 0. The summed E-state index contributed by atoms with van der Waals surface area (Å²) in [4.78, 5) is 4.78. The van der Waals surface area contributed by atoms with Gasteiger partial charge in [0.1, 0.15) is 11.6 Å². The number of methoxy groups -OCH3 is 1. The molecule has 2 aromatic heterocycles. The number of aromatic nitrogens is 2. The lowest BCUT2D eigenvalue weighted by Gasteiger charge is -2.19. The molecule has 5 aromatic rings. The van der Waals surface area contributed by atoms with Gasteiger partial charge in [0.25, 0.3) is 0 Å². The van der Waals surface area contributed by atoms with E-state index < -0.39 is 6.85 Å². The fourth-order valence-electron chi connectivity index (χ4n) is 4.27. The van der Waals surface area contributed by atoms with Crippen molar-refractivity contribution in [3.05, 3.63) is 88.5 Å². The summed E-state index contributed by atoms with van der Waals surface area (Å²) in [6, 6.07) is 21.7. The van der Waals surface area contributed by atoms with Crippen molar-refractivity contribution in [2.24, 2.45) is 0 Å². The lowest BCUT2D eigenvalue weighted by Crippen LogP contribution is -2.10. The Morgan fingerprint density at radius 1 is 0.909 bits per heavy atom. The van der Waals surface area contributed by atoms with Crippen LogP contribution < -0.4 is 4.74 Å². The Bertz CT molecular complexity index is 1600. The molecule has 0 N–H and O–H groups in total. The molecular formula is C29H27BrN2O. The van der Waals surface area contributed by atoms with Crippen molar-refractivity contribution < 1.29 is 8.85 Å². The van der Waals surface area contributed by atoms with Crippen molar-refractivity contribution in [1.82, 2.24) is 9.55 Å². The first-order valence-electron chi connectivity index (χ1n) is 12.4. The Kier molecular flexibility index (Phi) is 4.46. The van der Waals surface area contributed by atoms with Crippen molar-refractivity contribution in [2.45, 2.75) is 33.0 Å². The summed E-state index contributed by atoms with van der Waals surface area (Å²) < 4.78 is 33.3. The van der Waals surface area contributed by atoms with Gasteiger partial charge in [0.15, 0.2) is 0 Å². The van der Waals surface area contributed by atoms with Gasteiger partial charge >= 0.3 is 0 Å². The Labute approximate surface area is 207 Å². The van der Waals surface area contributed by atoms with Gasteiger partial charge in [-0.05, 0) is 71.4 Å². The van der Waals surface area contributed by atoms with Crippen LogP contribution in [0.1, 0.15) is 36.0 Å². The van der Waals surface area contributed by atoms with Gasteiger partial charge in [-0.15, -0.1) is 0 Å². The van der Waals surface area contributed by atoms with Gasteiger partial charge in [0.2, 0.25) is 0 Å². The molecule has 0 bridgehead atoms. The standard InChI is InChI=1S/C29H27BrN2O/c1-18-14-28(31-17-25(18)19-6-9-21(30)10-7-19)32-26-13-8-20(29(2,3)4)15-24(26)23-12-11-22(33-5)16-27(23)32/h6-17H,1-5H3/i1D3. The molecule has 0 aliphatic carbocycles. The third-order valence-corrected chi connectivity index (χ3v) is 6.64. The van der Waals surface area contributed by atoms with Gasteiger partial charge in [0, 0.05) is 37.2 Å². The lowest BCUT2D eigenvalue weighted by molar-refractivity contribution is 0.415. The highest BCUT2D eigenvalue weighted by atomic mass is 79.9. The molecule has 0 spiro atoms. The Hall–Kier alpha value is -3.11. The second-order valence-corrected chi connectivity index (χ2v) is 10.2. The molecule has 3 aromatic carbocycles. The molecule has 5 rings (SSSR count). The lowest BCUT2D eigenvalue weighted by atomic mass is 9.86. The summed E-state index contributed by atoms with van der Waals surface area (Å²) >= 11 is 3.45. The Balaban J connectivity index is 1.82. The van der Waals surface area contributed by atoms with Crippen molar-refractivity contribution >= 4 is 37.7 Å². The van der Waals surface area contributed by atoms with E-state index in [4.69, 9.17) is 13.8 Å². The highest BCUT2D eigenvalue weighted by Crippen LogP contribution is 2.37. The van der Waals surface area contributed by atoms with Crippen LogP contribution >= 0.6 is 15.9 Å². The maximum absolute atomic E-state index is 8.28. The maximum Gasteiger partial charge on any atom is 0.137 e. The van der Waals surface area contributed by atoms with E-state index in [0.717, 1.165) is 37.6 Å². The first-order valence-corrected chi connectivity index (χ1v) is 11.7. The zero-order valence-electron chi connectivity index (χ0n) is 22.1. The van der Waals surface area contributed by atoms with Crippen molar-refractivity contribution in [3.8, 4) is 22.7 Å². The third kappa shape index (κ3) is 3.83. The SMILES string of the molecule is [2H]C([2H])([2H])c1cc(-n2c3ccc(C(C)(C)C)cc3c3ccc(OC)cc32)ncc1-c1ccc(Br)cc1. The predicted molar refractivity (Wildman–Crippen MR) is 142 cm³/mol. The maximum atomic E-state index is 8.28. The number of aryl methyl sites for hydroxylation is 1. The molecule has 4 heteroatoms. The molecule has 0 aliphatic heterocycles. The predicted octanol–water partition coefficient (Wildman–Crippen LogP) is 8.22. The highest BCUT2D eigenvalue weighted by molar-refractivity contribution is 9.10. The molecule has 3 nitrogen and oxygen atoms in total. The van der Waals surface area contributed by atoms with Gasteiger partial charge in [-0.25, -0.2) is 4.98 Å². The molecule has 0 atom stereocenters. The monoisotopic (exact) mass is 501 g/mol. The van der Waals surface area contributed by atoms with Crippen LogP contribution in [0, 0.1) is 6.85 Å². The van der Waals surface area contributed by atoms with E-state index in [2.05, 4.69) is 61.0 Å². The van der Waals surface area contributed by atoms with Crippen LogP contribution in [0.4, 0.5) is 0 Å². The molecule has 33 heavy (non-hydrogen) atoms. The minimum Gasteiger partial charge on any atom is -0.497 e. The number of nitrogens with zero attached hydrogens (tertiary/aromatic N) is 2. The smallest absolute Gasteiger partial charge is 0.137 e. The third-order valence-electron chi connectivity index (χ3n) is 6.11. The van der Waals surface area contributed by atoms with Crippen molar-refractivity contribution in [2.75, 3.05) is 7.11 Å². The summed E-state index contributed by atoms with van der Waals surface area (Å²) in [5.41, 5.74) is 4.77. The molecule has 0 radical (unpaired) electrons. The molecule has 0 aliphatic rings. The topological polar surface area (TPSA) is 27.1 Å². The fraction of sp³-hybridized carbons (Fsp3) is 0.207. The summed E-state index contributed by atoms with van der Waals surface area (Å²) in [5.74, 6) is 1.28. The minimum atomic E-state index is -2.31. The van der Waals surface area contributed by atoms with Crippen LogP contribution in [-0.4, -0.2) is 16.7 Å². The Morgan fingerprint density at radius 3 is 2.39 bits per heavy atom. The quantitative estimate of drug-likeness (QED) is 0.249. The molecule has 0 saturated heterocycles. The second-order valence-electron chi connectivity index (χ2n) is 9.30. The number of rotatable bonds is 3. The number of fused-ring (bicyclic) bond motifs is 3. The van der Waals surface area contributed by atoms with Gasteiger partial charge in [-0.3, -0.25) is 4.57 Å². The van der Waals surface area contributed by atoms with E-state index in [1.165, 1.54) is 5.56 Å². The molecule has 0 fully saturated rings. The molecule has 0 unspecified atom stereocenters. The van der Waals surface area contributed by atoms with E-state index in [-0.39, 0.29) is 11.0 Å². The zero-order chi connectivity index (χ0) is 25.8. The summed E-state index contributed by atoms with van der Waals surface area (Å²) in [5, 5.41) is 2.15. The average molecular weight is 502 g/mol. The van der Waals surface area contributed by atoms with E-state index in [1.807, 2.05) is 41.0 Å². The van der Waals surface area contributed by atoms with Crippen LogP contribution in [0.15, 0.2) is 77.4 Å². The molecule has 0 saturated carbocycles. The number of hydrogen-bond acceptors (Lipinski definition) is 2. The van der Waals surface area contributed by atoms with Gasteiger partial charge in [0.05, 0.1) is 18.1 Å². The largest absolute Gasteiger partial charge is 0.497 e. The summed E-state index contributed by atoms with van der Waals surface area (Å²) in [6.45, 7) is 4.28. The number of benzene rings is 3. The molecule has 2 heterocycles. The highest BCUT2D eigenvalue weighted by Gasteiger charge is 2.19. The zero-order valence-corrected chi connectivity index (χ0v) is 20.7. The average Bonchev–Trinajstić information content (AvgIpc) is 3.16. The van der Waals surface area contributed by atoms with Crippen LogP contribution in [0.3, 0.4) is 0 Å². The van der Waals surface area contributed by atoms with E-state index >= 15 is 0 Å². The van der Waals surface area contributed by atoms with Gasteiger partial charge < -0.3 is 4.74 Å². The molecular weight excluding hydrogens is 472 g/mol. The van der Waals surface area contributed by atoms with E-state index in [9.17, 15) is 0 Å². The Morgan fingerprint density at radius 2 is 1.70 bits per heavy atom. The van der Waals surface area contributed by atoms with Crippen LogP contribution in [0.2, 0.25) is 0 Å². The summed E-state index contributed by atoms with van der Waals surface area (Å²) in [6.07, 6.45) is 1.67. The van der Waals surface area contributed by atoms with E-state index in [0.29, 0.717) is 11.4 Å². The van der Waals surface area contributed by atoms with Crippen LogP contribution in [0.5, 0.6) is 5.75 Å². The fourth-order valence-corrected chi connectivity index (χ4v) is 4.53. The number of halogens is 1. The normalized spacial score (nSPS) is 13.7. The summed E-state index contributed by atoms with van der Waals surface area (Å²) in [7, 11) is 1.64. The number of pyridine rings is 1. The van der Waals surface area contributed by atoms with E-state index in [1.54, 1.807) is 19.4 Å². The second kappa shape index (κ2) is 8.03. The van der Waals surface area contributed by atoms with Crippen LogP contribution in [0.25, 0.3) is 38.8 Å². The molecule has 0 amide bonds. The molecule has 166 valence electrons. The van der Waals surface area contributed by atoms with Crippen molar-refractivity contribution in [1.29, 1.82) is 0 Å². The van der Waals surface area contributed by atoms with Gasteiger partial charge in [-0.1, -0.05) is 54.9 Å². The first-order chi connectivity index (χ1) is 17.0.